The molecule has 0 bridgehead atoms. The average Bonchev–Trinajstić information content (AvgIpc) is 2.86. The first-order valence-electron chi connectivity index (χ1n) is 10.8. The van der Waals surface area contributed by atoms with Gasteiger partial charge >= 0.3 is 18.2 Å². The van der Waals surface area contributed by atoms with E-state index < -0.39 is 29.5 Å². The molecule has 0 aliphatic heterocycles. The summed E-state index contributed by atoms with van der Waals surface area (Å²) in [5.41, 5.74) is 0.420. The number of aromatic carboxylic acids is 1. The minimum Gasteiger partial charge on any atom is -0.478 e. The number of hydrogen-bond donors (Lipinski definition) is 3. The number of urea groups is 1. The van der Waals surface area contributed by atoms with Crippen molar-refractivity contribution in [3.05, 3.63) is 107 Å². The van der Waals surface area contributed by atoms with E-state index in [1.54, 1.807) is 42.5 Å². The highest BCUT2D eigenvalue weighted by molar-refractivity contribution is 6.33. The second-order valence-electron chi connectivity index (χ2n) is 7.75. The summed E-state index contributed by atoms with van der Waals surface area (Å²) in [6, 6.07) is 21.0. The highest BCUT2D eigenvalue weighted by Crippen LogP contribution is 2.40. The number of carboxylic acid groups (broad SMARTS) is 1. The maximum Gasteiger partial charge on any atom is 0.419 e. The maximum absolute atomic E-state index is 13.5. The fourth-order valence-corrected chi connectivity index (χ4v) is 3.66. The Labute approximate surface area is 214 Å². The zero-order valence-electron chi connectivity index (χ0n) is 18.8. The van der Waals surface area contributed by atoms with E-state index in [1.165, 1.54) is 42.5 Å². The molecule has 2 amide bonds. The molecule has 188 valence electrons. The largest absolute Gasteiger partial charge is 0.478 e. The number of hydrogen-bond acceptors (Lipinski definition) is 3. The van der Waals surface area contributed by atoms with Gasteiger partial charge in [-0.1, -0.05) is 54.1 Å². The Balaban J connectivity index is 1.73. The van der Waals surface area contributed by atoms with Crippen LogP contribution in [0.2, 0.25) is 5.02 Å². The Morgan fingerprint density at radius 2 is 1.43 bits per heavy atom. The topological polar surface area (TPSA) is 87.7 Å². The van der Waals surface area contributed by atoms with E-state index >= 15 is 0 Å². The predicted octanol–water partition coefficient (Wildman–Crippen LogP) is 8.16. The number of carboxylic acids is 1. The zero-order chi connectivity index (χ0) is 26.6. The molecule has 4 aromatic carbocycles. The molecule has 3 N–H and O–H groups in total. The summed E-state index contributed by atoms with van der Waals surface area (Å²) in [6.07, 6.45) is -4.66. The van der Waals surface area contributed by atoms with E-state index in [4.69, 9.17) is 16.3 Å². The van der Waals surface area contributed by atoms with E-state index in [2.05, 4.69) is 10.6 Å². The van der Waals surface area contributed by atoms with Crippen molar-refractivity contribution >= 4 is 35.0 Å². The molecule has 4 rings (SSSR count). The fraction of sp³-hybridized carbons (Fsp3) is 0.0370. The molecule has 0 aromatic heterocycles. The second-order valence-corrected chi connectivity index (χ2v) is 8.16. The van der Waals surface area contributed by atoms with E-state index in [9.17, 15) is 27.9 Å². The molecule has 0 atom stereocenters. The Hall–Kier alpha value is -4.50. The van der Waals surface area contributed by atoms with Crippen molar-refractivity contribution in [2.75, 3.05) is 10.6 Å². The number of ether oxygens (including phenoxy) is 1. The van der Waals surface area contributed by atoms with Crippen molar-refractivity contribution in [2.24, 2.45) is 0 Å². The zero-order valence-corrected chi connectivity index (χ0v) is 19.6. The van der Waals surface area contributed by atoms with Gasteiger partial charge in [-0.2, -0.15) is 13.2 Å². The molecule has 0 spiro atoms. The van der Waals surface area contributed by atoms with Gasteiger partial charge in [0.05, 0.1) is 27.5 Å². The van der Waals surface area contributed by atoms with Gasteiger partial charge in [0.2, 0.25) is 0 Å². The molecule has 0 aliphatic carbocycles. The van der Waals surface area contributed by atoms with Crippen LogP contribution in [0.15, 0.2) is 91.0 Å². The van der Waals surface area contributed by atoms with Crippen molar-refractivity contribution in [1.29, 1.82) is 0 Å². The summed E-state index contributed by atoms with van der Waals surface area (Å²) in [5.74, 6) is -1.64. The summed E-state index contributed by atoms with van der Waals surface area (Å²) < 4.78 is 46.1. The van der Waals surface area contributed by atoms with Gasteiger partial charge in [-0.25, -0.2) is 9.59 Å². The quantitative estimate of drug-likeness (QED) is 0.236. The van der Waals surface area contributed by atoms with Crippen molar-refractivity contribution in [3.8, 4) is 22.6 Å². The van der Waals surface area contributed by atoms with Crippen LogP contribution in [0.4, 0.5) is 29.3 Å². The van der Waals surface area contributed by atoms with Crippen LogP contribution in [0, 0.1) is 0 Å². The third-order valence-electron chi connectivity index (χ3n) is 5.21. The van der Waals surface area contributed by atoms with Crippen LogP contribution >= 0.6 is 11.6 Å². The summed E-state index contributed by atoms with van der Waals surface area (Å²) >= 11 is 6.09. The maximum atomic E-state index is 13.5. The molecule has 37 heavy (non-hydrogen) atoms. The lowest BCUT2D eigenvalue weighted by atomic mass is 10.0. The second kappa shape index (κ2) is 10.6. The summed E-state index contributed by atoms with van der Waals surface area (Å²) in [4.78, 5) is 24.1. The Bertz CT molecular complexity index is 1470. The van der Waals surface area contributed by atoms with Crippen LogP contribution in [0.25, 0.3) is 11.1 Å². The third kappa shape index (κ3) is 6.20. The lowest BCUT2D eigenvalue weighted by Crippen LogP contribution is -2.20. The molecule has 0 radical (unpaired) electrons. The van der Waals surface area contributed by atoms with Gasteiger partial charge in [-0.15, -0.1) is 0 Å². The van der Waals surface area contributed by atoms with Gasteiger partial charge in [0.1, 0.15) is 5.75 Å². The molecule has 10 heteroatoms. The van der Waals surface area contributed by atoms with Crippen LogP contribution < -0.4 is 15.4 Å². The van der Waals surface area contributed by atoms with Crippen molar-refractivity contribution < 1.29 is 32.6 Å². The predicted molar refractivity (Wildman–Crippen MR) is 134 cm³/mol. The van der Waals surface area contributed by atoms with E-state index in [1.807, 2.05) is 0 Å². The standard InChI is InChI=1S/C27H18ClF3N2O4/c28-20-9-2-3-10-21(20)32-26(36)33-22-15-17(16-6-5-7-18(14-16)25(34)35)12-13-24(22)37-23-11-4-1-8-19(23)27(29,30)31/h1-15H,(H,34,35)(H2,32,33,36). The molecular formula is C27H18ClF3N2O4. The van der Waals surface area contributed by atoms with Crippen molar-refractivity contribution in [3.63, 3.8) is 0 Å². The van der Waals surface area contributed by atoms with Crippen molar-refractivity contribution in [2.45, 2.75) is 6.18 Å². The normalized spacial score (nSPS) is 11.0. The van der Waals surface area contributed by atoms with Gasteiger partial charge < -0.3 is 20.5 Å². The lowest BCUT2D eigenvalue weighted by Gasteiger charge is -2.17. The summed E-state index contributed by atoms with van der Waals surface area (Å²) in [6.45, 7) is 0. The molecule has 0 fully saturated rings. The van der Waals surface area contributed by atoms with Crippen molar-refractivity contribution in [1.82, 2.24) is 0 Å². The number of halogens is 4. The first kappa shape index (κ1) is 25.6. The Morgan fingerprint density at radius 3 is 2.16 bits per heavy atom. The third-order valence-corrected chi connectivity index (χ3v) is 5.53. The number of rotatable bonds is 6. The SMILES string of the molecule is O=C(Nc1ccccc1Cl)Nc1cc(-c2cccc(C(=O)O)c2)ccc1Oc1ccccc1C(F)(F)F. The number of benzene rings is 4. The fourth-order valence-electron chi connectivity index (χ4n) is 3.47. The molecule has 6 nitrogen and oxygen atoms in total. The van der Waals surface area contributed by atoms with Crippen LogP contribution in [0.1, 0.15) is 15.9 Å². The molecule has 0 saturated carbocycles. The number of nitrogens with one attached hydrogen (secondary N) is 2. The lowest BCUT2D eigenvalue weighted by molar-refractivity contribution is -0.138. The van der Waals surface area contributed by atoms with Gasteiger partial charge in [0.25, 0.3) is 0 Å². The highest BCUT2D eigenvalue weighted by Gasteiger charge is 2.34. The monoisotopic (exact) mass is 526 g/mol. The summed E-state index contributed by atoms with van der Waals surface area (Å²) in [7, 11) is 0. The Kier molecular flexibility index (Phi) is 7.35. The molecule has 0 unspecified atom stereocenters. The number of amides is 2. The molecular weight excluding hydrogens is 509 g/mol. The molecule has 0 heterocycles. The van der Waals surface area contributed by atoms with E-state index in [-0.39, 0.29) is 22.0 Å². The van der Waals surface area contributed by atoms with Crippen LogP contribution in [0.3, 0.4) is 0 Å². The van der Waals surface area contributed by atoms with Gasteiger partial charge in [-0.05, 0) is 59.7 Å². The summed E-state index contributed by atoms with van der Waals surface area (Å²) in [5, 5.41) is 14.7. The highest BCUT2D eigenvalue weighted by atomic mass is 35.5. The first-order valence-corrected chi connectivity index (χ1v) is 11.1. The van der Waals surface area contributed by atoms with Gasteiger partial charge in [-0.3, -0.25) is 0 Å². The first-order chi connectivity index (χ1) is 17.6. The number of carbonyl (C=O) groups is 2. The van der Waals surface area contributed by atoms with Gasteiger partial charge in [0, 0.05) is 0 Å². The minimum atomic E-state index is -4.66. The molecule has 0 aliphatic rings. The van der Waals surface area contributed by atoms with Crippen LogP contribution in [-0.4, -0.2) is 17.1 Å². The number of para-hydroxylation sites is 2. The number of anilines is 2. The molecule has 4 aromatic rings. The van der Waals surface area contributed by atoms with Crippen LogP contribution in [-0.2, 0) is 6.18 Å². The van der Waals surface area contributed by atoms with E-state index in [0.717, 1.165) is 6.07 Å². The smallest absolute Gasteiger partial charge is 0.419 e. The van der Waals surface area contributed by atoms with E-state index in [0.29, 0.717) is 16.8 Å². The van der Waals surface area contributed by atoms with Crippen LogP contribution in [0.5, 0.6) is 11.5 Å². The number of carbonyl (C=O) groups excluding carboxylic acids is 1. The molecule has 0 saturated heterocycles. The Morgan fingerprint density at radius 1 is 0.757 bits per heavy atom. The minimum absolute atomic E-state index is 0.0414. The van der Waals surface area contributed by atoms with Gasteiger partial charge in [0.15, 0.2) is 5.75 Å². The average molecular weight is 527 g/mol. The number of alkyl halides is 3.